The summed E-state index contributed by atoms with van der Waals surface area (Å²) in [7, 11) is -3.46. The van der Waals surface area contributed by atoms with Crippen LogP contribution in [0, 0.1) is 5.92 Å². The molecule has 134 valence electrons. The van der Waals surface area contributed by atoms with E-state index in [1.165, 1.54) is 4.31 Å². The average Bonchev–Trinajstić information content (AvgIpc) is 3.41. The van der Waals surface area contributed by atoms with Crippen molar-refractivity contribution >= 4 is 10.0 Å². The van der Waals surface area contributed by atoms with Gasteiger partial charge in [0.15, 0.2) is 0 Å². The molecule has 6 nitrogen and oxygen atoms in total. The van der Waals surface area contributed by atoms with Gasteiger partial charge in [-0.2, -0.15) is 4.31 Å². The predicted molar refractivity (Wildman–Crippen MR) is 91.5 cm³/mol. The monoisotopic (exact) mass is 354 g/mol. The third-order valence-electron chi connectivity index (χ3n) is 4.72. The number of aliphatic hydroxyl groups excluding tert-OH is 1. The van der Waals surface area contributed by atoms with Gasteiger partial charge in [0, 0.05) is 32.7 Å². The maximum absolute atomic E-state index is 12.7. The van der Waals surface area contributed by atoms with Crippen molar-refractivity contribution in [1.29, 1.82) is 0 Å². The van der Waals surface area contributed by atoms with Crippen molar-refractivity contribution in [2.75, 3.05) is 39.3 Å². The number of aliphatic hydroxyl groups is 1. The zero-order valence-electron chi connectivity index (χ0n) is 14.1. The zero-order valence-corrected chi connectivity index (χ0v) is 14.9. The topological polar surface area (TPSA) is 70.1 Å². The van der Waals surface area contributed by atoms with Gasteiger partial charge in [-0.05, 0) is 49.9 Å². The van der Waals surface area contributed by atoms with Crippen LogP contribution in [0.3, 0.4) is 0 Å². The maximum atomic E-state index is 12.7. The average molecular weight is 354 g/mol. The number of rotatable bonds is 7. The molecule has 0 bridgehead atoms. The van der Waals surface area contributed by atoms with E-state index in [0.717, 1.165) is 12.8 Å². The number of ether oxygens (including phenoxy) is 1. The number of hydrogen-bond donors (Lipinski definition) is 1. The molecule has 1 aromatic carbocycles. The van der Waals surface area contributed by atoms with Gasteiger partial charge in [-0.25, -0.2) is 8.42 Å². The first kappa shape index (κ1) is 17.7. The van der Waals surface area contributed by atoms with E-state index in [2.05, 4.69) is 4.90 Å². The van der Waals surface area contributed by atoms with E-state index in [1.807, 2.05) is 6.92 Å². The predicted octanol–water partition coefficient (Wildman–Crippen LogP) is 1.16. The minimum Gasteiger partial charge on any atom is -0.494 e. The summed E-state index contributed by atoms with van der Waals surface area (Å²) in [4.78, 5) is 2.46. The molecule has 1 N–H and O–H groups in total. The van der Waals surface area contributed by atoms with Gasteiger partial charge in [0.1, 0.15) is 5.75 Å². The Morgan fingerprint density at radius 1 is 1.17 bits per heavy atom. The summed E-state index contributed by atoms with van der Waals surface area (Å²) >= 11 is 0. The Morgan fingerprint density at radius 3 is 2.33 bits per heavy atom. The van der Waals surface area contributed by atoms with Crippen LogP contribution >= 0.6 is 0 Å². The Kier molecular flexibility index (Phi) is 5.44. The minimum absolute atomic E-state index is 0.265. The lowest BCUT2D eigenvalue weighted by Gasteiger charge is -2.35. The second-order valence-corrected chi connectivity index (χ2v) is 8.45. The highest BCUT2D eigenvalue weighted by Crippen LogP contribution is 2.33. The molecule has 1 heterocycles. The Hall–Kier alpha value is -1.15. The fraction of sp³-hybridized carbons (Fsp3) is 0.647. The molecule has 1 aliphatic heterocycles. The molecule has 3 rings (SSSR count). The van der Waals surface area contributed by atoms with Gasteiger partial charge in [0.25, 0.3) is 0 Å². The number of hydrogen-bond acceptors (Lipinski definition) is 5. The van der Waals surface area contributed by atoms with E-state index in [9.17, 15) is 13.5 Å². The number of β-amino-alcohol motifs (C(OH)–C–C–N with tert-alkyl or cyclic N) is 1. The number of benzene rings is 1. The summed E-state index contributed by atoms with van der Waals surface area (Å²) < 4.78 is 32.3. The molecule has 1 aliphatic carbocycles. The van der Waals surface area contributed by atoms with Crippen LogP contribution in [-0.2, 0) is 10.0 Å². The van der Waals surface area contributed by atoms with Crippen molar-refractivity contribution in [3.63, 3.8) is 0 Å². The molecule has 0 radical (unpaired) electrons. The van der Waals surface area contributed by atoms with Gasteiger partial charge >= 0.3 is 0 Å². The lowest BCUT2D eigenvalue weighted by molar-refractivity contribution is 0.0782. The van der Waals surface area contributed by atoms with Crippen LogP contribution in [0.4, 0.5) is 0 Å². The largest absolute Gasteiger partial charge is 0.494 e. The lowest BCUT2D eigenvalue weighted by Crippen LogP contribution is -2.50. The summed E-state index contributed by atoms with van der Waals surface area (Å²) in [5.41, 5.74) is 0. The van der Waals surface area contributed by atoms with Crippen LogP contribution in [0.15, 0.2) is 29.2 Å². The third kappa shape index (κ3) is 4.08. The molecule has 1 saturated heterocycles. The summed E-state index contributed by atoms with van der Waals surface area (Å²) in [6, 6.07) is 6.59. The normalized spacial score (nSPS) is 21.6. The molecule has 24 heavy (non-hydrogen) atoms. The number of nitrogens with zero attached hydrogens (tertiary/aromatic N) is 2. The van der Waals surface area contributed by atoms with Crippen LogP contribution in [0.25, 0.3) is 0 Å². The van der Waals surface area contributed by atoms with E-state index in [4.69, 9.17) is 4.74 Å². The molecule has 2 aliphatic rings. The smallest absolute Gasteiger partial charge is 0.243 e. The maximum Gasteiger partial charge on any atom is 0.243 e. The van der Waals surface area contributed by atoms with Gasteiger partial charge in [-0.3, -0.25) is 4.90 Å². The quantitative estimate of drug-likeness (QED) is 0.796. The van der Waals surface area contributed by atoms with E-state index in [-0.39, 0.29) is 6.10 Å². The van der Waals surface area contributed by atoms with Crippen molar-refractivity contribution in [3.8, 4) is 5.75 Å². The molecule has 0 amide bonds. The molecule has 7 heteroatoms. The fourth-order valence-corrected chi connectivity index (χ4v) is 4.49. The second kappa shape index (κ2) is 7.39. The van der Waals surface area contributed by atoms with Crippen LogP contribution in [0.5, 0.6) is 5.75 Å². The highest BCUT2D eigenvalue weighted by molar-refractivity contribution is 7.89. The summed E-state index contributed by atoms with van der Waals surface area (Å²) in [6.45, 7) is 5.37. The first-order chi connectivity index (χ1) is 11.5. The molecular weight excluding hydrogens is 328 g/mol. The van der Waals surface area contributed by atoms with Gasteiger partial charge in [-0.15, -0.1) is 0 Å². The highest BCUT2D eigenvalue weighted by atomic mass is 32.2. The molecule has 2 fully saturated rings. The van der Waals surface area contributed by atoms with Gasteiger partial charge in [0.2, 0.25) is 10.0 Å². The molecule has 0 aromatic heterocycles. The summed E-state index contributed by atoms with van der Waals surface area (Å²) in [6.07, 6.45) is 1.97. The SMILES string of the molecule is CCOc1ccc(S(=O)(=O)N2CCN(CC(O)C3CC3)CC2)cc1. The molecule has 1 unspecified atom stereocenters. The molecular formula is C17H26N2O4S. The highest BCUT2D eigenvalue weighted by Gasteiger charge is 2.33. The van der Waals surface area contributed by atoms with Crippen molar-refractivity contribution < 1.29 is 18.3 Å². The number of piperazine rings is 1. The summed E-state index contributed by atoms with van der Waals surface area (Å²) in [5, 5.41) is 10.0. The van der Waals surface area contributed by atoms with Crippen molar-refractivity contribution in [2.24, 2.45) is 5.92 Å². The first-order valence-corrected chi connectivity index (χ1v) is 10.1. The van der Waals surface area contributed by atoms with Crippen LogP contribution in [0.1, 0.15) is 19.8 Å². The van der Waals surface area contributed by atoms with E-state index in [1.54, 1.807) is 24.3 Å². The van der Waals surface area contributed by atoms with Crippen LogP contribution in [-0.4, -0.2) is 68.2 Å². The lowest BCUT2D eigenvalue weighted by atomic mass is 10.2. The Bertz CT molecular complexity index is 635. The molecule has 1 saturated carbocycles. The Balaban J connectivity index is 1.57. The van der Waals surface area contributed by atoms with E-state index >= 15 is 0 Å². The van der Waals surface area contributed by atoms with Crippen molar-refractivity contribution in [3.05, 3.63) is 24.3 Å². The second-order valence-electron chi connectivity index (χ2n) is 6.51. The Morgan fingerprint density at radius 2 is 1.79 bits per heavy atom. The first-order valence-electron chi connectivity index (χ1n) is 8.64. The Labute approximate surface area is 144 Å². The zero-order chi connectivity index (χ0) is 17.2. The standard InChI is InChI=1S/C17H26N2O4S/c1-2-23-15-5-7-16(8-6-15)24(21,22)19-11-9-18(10-12-19)13-17(20)14-3-4-14/h5-8,14,17,20H,2-4,9-13H2,1H3. The summed E-state index contributed by atoms with van der Waals surface area (Å²) in [5.74, 6) is 1.13. The number of sulfonamides is 1. The molecule has 1 atom stereocenters. The van der Waals surface area contributed by atoms with E-state index < -0.39 is 10.0 Å². The van der Waals surface area contributed by atoms with Crippen LogP contribution in [0.2, 0.25) is 0 Å². The third-order valence-corrected chi connectivity index (χ3v) is 6.63. The van der Waals surface area contributed by atoms with Gasteiger partial charge < -0.3 is 9.84 Å². The minimum atomic E-state index is -3.46. The van der Waals surface area contributed by atoms with Gasteiger partial charge in [0.05, 0.1) is 17.6 Å². The molecule has 1 aromatic rings. The van der Waals surface area contributed by atoms with Gasteiger partial charge in [-0.1, -0.05) is 0 Å². The fourth-order valence-electron chi connectivity index (χ4n) is 3.07. The van der Waals surface area contributed by atoms with Crippen molar-refractivity contribution in [1.82, 2.24) is 9.21 Å². The van der Waals surface area contributed by atoms with E-state index in [0.29, 0.717) is 55.9 Å². The van der Waals surface area contributed by atoms with Crippen molar-refractivity contribution in [2.45, 2.75) is 30.8 Å². The van der Waals surface area contributed by atoms with Crippen LogP contribution < -0.4 is 4.74 Å². The molecule has 0 spiro atoms.